The average Bonchev–Trinajstić information content (AvgIpc) is 2.63. The Kier molecular flexibility index (Phi) is 3.73. The minimum atomic E-state index is 0.0329. The molecule has 1 atom stereocenters. The molecular formula is C11H18N4O2. The van der Waals surface area contributed by atoms with Crippen LogP contribution in [0, 0.1) is 6.92 Å². The van der Waals surface area contributed by atoms with E-state index in [9.17, 15) is 4.79 Å². The highest BCUT2D eigenvalue weighted by Crippen LogP contribution is 2.12. The molecule has 1 N–H and O–H groups in total. The molecule has 0 saturated carbocycles. The fourth-order valence-corrected chi connectivity index (χ4v) is 2.20. The molecule has 6 heteroatoms. The van der Waals surface area contributed by atoms with Crippen molar-refractivity contribution in [2.75, 3.05) is 13.1 Å². The number of carbonyl (C=O) groups excluding carboxylic acids is 1. The van der Waals surface area contributed by atoms with Gasteiger partial charge in [-0.1, -0.05) is 5.16 Å². The first-order valence-corrected chi connectivity index (χ1v) is 5.92. The molecule has 17 heavy (non-hydrogen) atoms. The first kappa shape index (κ1) is 12.0. The van der Waals surface area contributed by atoms with Crippen molar-refractivity contribution in [3.8, 4) is 0 Å². The molecule has 1 aromatic heterocycles. The lowest BCUT2D eigenvalue weighted by atomic mass is 10.1. The molecule has 6 nitrogen and oxygen atoms in total. The summed E-state index contributed by atoms with van der Waals surface area (Å²) in [7, 11) is 0. The number of carbonyl (C=O) groups is 1. The first-order valence-electron chi connectivity index (χ1n) is 5.92. The van der Waals surface area contributed by atoms with Gasteiger partial charge in [-0.15, -0.1) is 0 Å². The maximum atomic E-state index is 11.0. The maximum Gasteiger partial charge on any atom is 0.240 e. The molecule has 1 aliphatic heterocycles. The predicted molar refractivity (Wildman–Crippen MR) is 61.2 cm³/mol. The van der Waals surface area contributed by atoms with Gasteiger partial charge in [0.25, 0.3) is 0 Å². The summed E-state index contributed by atoms with van der Waals surface area (Å²) >= 11 is 0. The van der Waals surface area contributed by atoms with Crippen LogP contribution in [0.2, 0.25) is 0 Å². The fourth-order valence-electron chi connectivity index (χ4n) is 2.20. The van der Waals surface area contributed by atoms with Gasteiger partial charge in [-0.2, -0.15) is 4.98 Å². The highest BCUT2D eigenvalue weighted by Gasteiger charge is 2.21. The second-order valence-electron chi connectivity index (χ2n) is 4.51. The number of piperidine rings is 1. The van der Waals surface area contributed by atoms with Gasteiger partial charge in [-0.25, -0.2) is 0 Å². The van der Waals surface area contributed by atoms with Gasteiger partial charge in [0.15, 0.2) is 5.82 Å². The quantitative estimate of drug-likeness (QED) is 0.829. The van der Waals surface area contributed by atoms with Gasteiger partial charge in [0.2, 0.25) is 11.8 Å². The zero-order chi connectivity index (χ0) is 12.3. The summed E-state index contributed by atoms with van der Waals surface area (Å²) in [6.07, 6.45) is 2.12. The largest absolute Gasteiger partial charge is 0.352 e. The number of hydrogen-bond donors (Lipinski definition) is 1. The fraction of sp³-hybridized carbons (Fsp3) is 0.727. The number of nitrogens with zero attached hydrogens (tertiary/aromatic N) is 3. The lowest BCUT2D eigenvalue weighted by Gasteiger charge is -2.31. The van der Waals surface area contributed by atoms with Crippen molar-refractivity contribution in [1.29, 1.82) is 0 Å². The zero-order valence-corrected chi connectivity index (χ0v) is 10.3. The summed E-state index contributed by atoms with van der Waals surface area (Å²) in [6, 6.07) is 0.241. The summed E-state index contributed by atoms with van der Waals surface area (Å²) in [5, 5.41) is 6.72. The third-order valence-corrected chi connectivity index (χ3v) is 2.84. The monoisotopic (exact) mass is 238 g/mol. The van der Waals surface area contributed by atoms with Crippen LogP contribution in [0.1, 0.15) is 31.5 Å². The summed E-state index contributed by atoms with van der Waals surface area (Å²) < 4.78 is 5.09. The smallest absolute Gasteiger partial charge is 0.240 e. The van der Waals surface area contributed by atoms with Gasteiger partial charge in [0, 0.05) is 19.5 Å². The van der Waals surface area contributed by atoms with Crippen LogP contribution in [0.3, 0.4) is 0 Å². The lowest BCUT2D eigenvalue weighted by Crippen LogP contribution is -2.46. The van der Waals surface area contributed by atoms with E-state index < -0.39 is 0 Å². The predicted octanol–water partition coefficient (Wildman–Crippen LogP) is 0.479. The third-order valence-electron chi connectivity index (χ3n) is 2.84. The van der Waals surface area contributed by atoms with Gasteiger partial charge in [-0.05, 0) is 26.3 Å². The second kappa shape index (κ2) is 5.27. The van der Waals surface area contributed by atoms with E-state index in [2.05, 4.69) is 20.4 Å². The maximum absolute atomic E-state index is 11.0. The molecule has 1 fully saturated rings. The van der Waals surface area contributed by atoms with Crippen molar-refractivity contribution in [3.63, 3.8) is 0 Å². The van der Waals surface area contributed by atoms with Crippen molar-refractivity contribution in [1.82, 2.24) is 20.4 Å². The van der Waals surface area contributed by atoms with Crippen molar-refractivity contribution in [3.05, 3.63) is 11.7 Å². The van der Waals surface area contributed by atoms with E-state index in [4.69, 9.17) is 4.52 Å². The van der Waals surface area contributed by atoms with Gasteiger partial charge < -0.3 is 9.84 Å². The molecule has 1 aliphatic rings. The summed E-state index contributed by atoms with van der Waals surface area (Å²) in [5.74, 6) is 1.34. The molecule has 1 amide bonds. The van der Waals surface area contributed by atoms with E-state index in [1.54, 1.807) is 6.92 Å². The number of rotatable bonds is 3. The standard InChI is InChI=1S/C11H18N4O2/c1-8-12-11(17-14-8)7-15-5-3-4-10(6-15)13-9(2)16/h10H,3-7H2,1-2H3,(H,13,16). The number of likely N-dealkylation sites (tertiary alicyclic amines) is 1. The van der Waals surface area contributed by atoms with Gasteiger partial charge >= 0.3 is 0 Å². The van der Waals surface area contributed by atoms with E-state index in [0.29, 0.717) is 18.3 Å². The average molecular weight is 238 g/mol. The van der Waals surface area contributed by atoms with Crippen LogP contribution >= 0.6 is 0 Å². The van der Waals surface area contributed by atoms with Crippen LogP contribution in [0.15, 0.2) is 4.52 Å². The molecule has 1 aromatic rings. The van der Waals surface area contributed by atoms with Gasteiger partial charge in [-0.3, -0.25) is 9.69 Å². The Hall–Kier alpha value is -1.43. The van der Waals surface area contributed by atoms with Crippen LogP contribution in [0.25, 0.3) is 0 Å². The molecule has 94 valence electrons. The SMILES string of the molecule is CC(=O)NC1CCCN(Cc2nc(C)no2)C1. The van der Waals surface area contributed by atoms with Crippen LogP contribution in [-0.2, 0) is 11.3 Å². The first-order chi connectivity index (χ1) is 8.13. The molecule has 0 aliphatic carbocycles. The summed E-state index contributed by atoms with van der Waals surface area (Å²) in [4.78, 5) is 17.4. The Bertz CT molecular complexity index is 391. The Morgan fingerprint density at radius 3 is 3.12 bits per heavy atom. The molecule has 2 rings (SSSR count). The van der Waals surface area contributed by atoms with Crippen LogP contribution in [0.4, 0.5) is 0 Å². The van der Waals surface area contributed by atoms with E-state index >= 15 is 0 Å². The van der Waals surface area contributed by atoms with Crippen LogP contribution < -0.4 is 5.32 Å². The van der Waals surface area contributed by atoms with Gasteiger partial charge in [0.05, 0.1) is 6.54 Å². The van der Waals surface area contributed by atoms with Gasteiger partial charge in [0.1, 0.15) is 0 Å². The molecular weight excluding hydrogens is 220 g/mol. The van der Waals surface area contributed by atoms with Crippen LogP contribution in [0.5, 0.6) is 0 Å². The second-order valence-corrected chi connectivity index (χ2v) is 4.51. The summed E-state index contributed by atoms with van der Waals surface area (Å²) in [6.45, 7) is 5.89. The Labute approximate surface area is 100 Å². The van der Waals surface area contributed by atoms with E-state index in [1.807, 2.05) is 6.92 Å². The normalized spacial score (nSPS) is 21.4. The minimum Gasteiger partial charge on any atom is -0.352 e. The molecule has 0 bridgehead atoms. The topological polar surface area (TPSA) is 71.3 Å². The Morgan fingerprint density at radius 1 is 1.65 bits per heavy atom. The molecule has 0 aromatic carbocycles. The van der Waals surface area contributed by atoms with Crippen molar-refractivity contribution in [2.45, 2.75) is 39.3 Å². The Morgan fingerprint density at radius 2 is 2.47 bits per heavy atom. The minimum absolute atomic E-state index is 0.0329. The van der Waals surface area contributed by atoms with E-state index in [1.165, 1.54) is 0 Å². The molecule has 0 spiro atoms. The summed E-state index contributed by atoms with van der Waals surface area (Å²) in [5.41, 5.74) is 0. The number of hydrogen-bond acceptors (Lipinski definition) is 5. The number of amides is 1. The lowest BCUT2D eigenvalue weighted by molar-refractivity contribution is -0.120. The zero-order valence-electron chi connectivity index (χ0n) is 10.3. The Balaban J connectivity index is 1.87. The van der Waals surface area contributed by atoms with E-state index in [-0.39, 0.29) is 11.9 Å². The molecule has 2 heterocycles. The number of aryl methyl sites for hydroxylation is 1. The third kappa shape index (κ3) is 3.52. The molecule has 0 radical (unpaired) electrons. The van der Waals surface area contributed by atoms with Crippen molar-refractivity contribution < 1.29 is 9.32 Å². The highest BCUT2D eigenvalue weighted by atomic mass is 16.5. The molecule has 1 unspecified atom stereocenters. The van der Waals surface area contributed by atoms with Crippen molar-refractivity contribution >= 4 is 5.91 Å². The van der Waals surface area contributed by atoms with Crippen molar-refractivity contribution in [2.24, 2.45) is 0 Å². The van der Waals surface area contributed by atoms with Crippen LogP contribution in [-0.4, -0.2) is 40.1 Å². The molecule has 1 saturated heterocycles. The van der Waals surface area contributed by atoms with E-state index in [0.717, 1.165) is 25.9 Å². The highest BCUT2D eigenvalue weighted by molar-refractivity contribution is 5.73. The number of aromatic nitrogens is 2. The number of nitrogens with one attached hydrogen (secondary N) is 1.